The third-order valence-electron chi connectivity index (χ3n) is 5.99. The lowest BCUT2D eigenvalue weighted by molar-refractivity contribution is 0.0747. The lowest BCUT2D eigenvalue weighted by Crippen LogP contribution is -2.48. The molecule has 1 aromatic heterocycles. The number of rotatable bonds is 5. The Labute approximate surface area is 198 Å². The van der Waals surface area contributed by atoms with Crippen LogP contribution in [0.15, 0.2) is 96.2 Å². The second-order valence-electron chi connectivity index (χ2n) is 8.15. The van der Waals surface area contributed by atoms with Gasteiger partial charge in [0.15, 0.2) is 0 Å². The Balaban J connectivity index is 1.23. The molecule has 0 atom stereocenters. The van der Waals surface area contributed by atoms with Crippen molar-refractivity contribution in [2.24, 2.45) is 0 Å². The van der Waals surface area contributed by atoms with Crippen LogP contribution in [0.2, 0.25) is 0 Å². The van der Waals surface area contributed by atoms with Gasteiger partial charge in [0.1, 0.15) is 0 Å². The Morgan fingerprint density at radius 3 is 2.21 bits per heavy atom. The van der Waals surface area contributed by atoms with Gasteiger partial charge in [0.05, 0.1) is 16.8 Å². The van der Waals surface area contributed by atoms with Crippen molar-refractivity contribution in [3.63, 3.8) is 0 Å². The van der Waals surface area contributed by atoms with Crippen LogP contribution in [0.3, 0.4) is 0 Å². The second-order valence-corrected chi connectivity index (χ2v) is 9.84. The molecule has 1 amide bonds. The van der Waals surface area contributed by atoms with E-state index in [-0.39, 0.29) is 10.8 Å². The number of piperazine rings is 1. The predicted octanol–water partition coefficient (Wildman–Crippen LogP) is 4.00. The van der Waals surface area contributed by atoms with Gasteiger partial charge in [-0.25, -0.2) is 8.42 Å². The molecular weight excluding hydrogens is 448 g/mol. The smallest absolute Gasteiger partial charge is 0.261 e. The Hall–Kier alpha value is -3.91. The molecule has 8 heteroatoms. The van der Waals surface area contributed by atoms with E-state index in [1.54, 1.807) is 42.5 Å². The van der Waals surface area contributed by atoms with Gasteiger partial charge in [0, 0.05) is 54.4 Å². The summed E-state index contributed by atoms with van der Waals surface area (Å²) in [6.07, 6.45) is 3.75. The molecule has 3 aromatic carbocycles. The summed E-state index contributed by atoms with van der Waals surface area (Å²) in [5.74, 6) is -0.0619. The van der Waals surface area contributed by atoms with E-state index in [9.17, 15) is 13.2 Å². The first-order chi connectivity index (χ1) is 16.5. The highest BCUT2D eigenvalue weighted by atomic mass is 32.2. The fourth-order valence-electron chi connectivity index (χ4n) is 4.18. The van der Waals surface area contributed by atoms with Gasteiger partial charge < -0.3 is 9.80 Å². The number of amides is 1. The zero-order valence-corrected chi connectivity index (χ0v) is 19.3. The summed E-state index contributed by atoms with van der Waals surface area (Å²) >= 11 is 0. The topological polar surface area (TPSA) is 82.6 Å². The summed E-state index contributed by atoms with van der Waals surface area (Å²) in [4.78, 5) is 21.7. The van der Waals surface area contributed by atoms with Crippen LogP contribution in [0.5, 0.6) is 0 Å². The van der Waals surface area contributed by atoms with E-state index in [0.717, 1.165) is 29.5 Å². The molecule has 2 heterocycles. The quantitative estimate of drug-likeness (QED) is 0.475. The average Bonchev–Trinajstić information content (AvgIpc) is 2.89. The highest BCUT2D eigenvalue weighted by molar-refractivity contribution is 7.92. The van der Waals surface area contributed by atoms with Crippen LogP contribution in [-0.4, -0.2) is 50.4 Å². The third kappa shape index (κ3) is 4.45. The number of nitrogens with zero attached hydrogens (tertiary/aromatic N) is 3. The fourth-order valence-corrected chi connectivity index (χ4v) is 5.26. The first kappa shape index (κ1) is 21.9. The lowest BCUT2D eigenvalue weighted by atomic mass is 10.1. The van der Waals surface area contributed by atoms with E-state index in [1.165, 1.54) is 12.1 Å². The normalized spacial score (nSPS) is 14.2. The van der Waals surface area contributed by atoms with Crippen LogP contribution in [-0.2, 0) is 10.0 Å². The van der Waals surface area contributed by atoms with E-state index < -0.39 is 10.0 Å². The molecule has 172 valence electrons. The maximum atomic E-state index is 13.0. The molecule has 5 rings (SSSR count). The van der Waals surface area contributed by atoms with Crippen molar-refractivity contribution in [1.82, 2.24) is 9.88 Å². The molecule has 0 bridgehead atoms. The van der Waals surface area contributed by atoms with E-state index in [2.05, 4.69) is 26.7 Å². The van der Waals surface area contributed by atoms with E-state index in [0.29, 0.717) is 24.3 Å². The van der Waals surface area contributed by atoms with Crippen molar-refractivity contribution in [2.75, 3.05) is 35.8 Å². The molecule has 4 aromatic rings. The molecule has 0 radical (unpaired) electrons. The summed E-state index contributed by atoms with van der Waals surface area (Å²) in [5, 5.41) is 2.26. The molecule has 0 saturated carbocycles. The summed E-state index contributed by atoms with van der Waals surface area (Å²) in [5.41, 5.74) is 2.02. The van der Waals surface area contributed by atoms with Gasteiger partial charge >= 0.3 is 0 Å². The van der Waals surface area contributed by atoms with Gasteiger partial charge in [-0.3, -0.25) is 14.5 Å². The molecule has 1 fully saturated rings. The van der Waals surface area contributed by atoms with Gasteiger partial charge in [-0.15, -0.1) is 0 Å². The van der Waals surface area contributed by atoms with Gasteiger partial charge in [0.25, 0.3) is 15.9 Å². The number of benzene rings is 3. The standard InChI is InChI=1S/C26H24N4O3S/c31-26(20-10-12-22(13-11-20)28-34(32,33)23-7-2-1-3-8-23)30-16-14-29(15-17-30)25-19-27-18-21-6-4-5-9-24(21)25/h1-13,18-19,28H,14-17H2. The number of nitrogens with one attached hydrogen (secondary N) is 1. The van der Waals surface area contributed by atoms with Crippen molar-refractivity contribution in [3.05, 3.63) is 96.8 Å². The van der Waals surface area contributed by atoms with Gasteiger partial charge in [-0.05, 0) is 36.4 Å². The SMILES string of the molecule is O=C(c1ccc(NS(=O)(=O)c2ccccc2)cc1)N1CCN(c2cncc3ccccc23)CC1. The van der Waals surface area contributed by atoms with Crippen LogP contribution in [0.1, 0.15) is 10.4 Å². The highest BCUT2D eigenvalue weighted by Crippen LogP contribution is 2.26. The zero-order chi connectivity index (χ0) is 23.5. The monoisotopic (exact) mass is 472 g/mol. The molecule has 1 N–H and O–H groups in total. The summed E-state index contributed by atoms with van der Waals surface area (Å²) in [6.45, 7) is 2.64. The number of carbonyl (C=O) groups is 1. The summed E-state index contributed by atoms with van der Waals surface area (Å²) < 4.78 is 27.6. The molecular formula is C26H24N4O3S. The molecule has 1 aliphatic rings. The molecule has 0 unspecified atom stereocenters. The molecule has 0 spiro atoms. The van der Waals surface area contributed by atoms with Crippen molar-refractivity contribution >= 4 is 38.1 Å². The number of hydrogen-bond acceptors (Lipinski definition) is 5. The second kappa shape index (κ2) is 9.15. The zero-order valence-electron chi connectivity index (χ0n) is 18.5. The number of carbonyl (C=O) groups excluding carboxylic acids is 1. The van der Waals surface area contributed by atoms with E-state index in [4.69, 9.17) is 0 Å². The van der Waals surface area contributed by atoms with E-state index >= 15 is 0 Å². The molecule has 0 aliphatic carbocycles. The van der Waals surface area contributed by atoms with Gasteiger partial charge in [0.2, 0.25) is 0 Å². The van der Waals surface area contributed by atoms with Gasteiger partial charge in [-0.2, -0.15) is 0 Å². The highest BCUT2D eigenvalue weighted by Gasteiger charge is 2.23. The van der Waals surface area contributed by atoms with Crippen molar-refractivity contribution in [1.29, 1.82) is 0 Å². The number of sulfonamides is 1. The summed E-state index contributed by atoms with van der Waals surface area (Å²) in [6, 6.07) is 22.9. The van der Waals surface area contributed by atoms with Crippen molar-refractivity contribution < 1.29 is 13.2 Å². The fraction of sp³-hybridized carbons (Fsp3) is 0.154. The van der Waals surface area contributed by atoms with Gasteiger partial charge in [-0.1, -0.05) is 42.5 Å². The number of anilines is 2. The minimum Gasteiger partial charge on any atom is -0.366 e. The number of hydrogen-bond donors (Lipinski definition) is 1. The number of fused-ring (bicyclic) bond motifs is 1. The molecule has 7 nitrogen and oxygen atoms in total. The van der Waals surface area contributed by atoms with Crippen LogP contribution < -0.4 is 9.62 Å². The third-order valence-corrected chi connectivity index (χ3v) is 7.39. The largest absolute Gasteiger partial charge is 0.366 e. The summed E-state index contributed by atoms with van der Waals surface area (Å²) in [7, 11) is -3.67. The maximum Gasteiger partial charge on any atom is 0.261 e. The minimum atomic E-state index is -3.67. The molecule has 1 aliphatic heterocycles. The number of aromatic nitrogens is 1. The predicted molar refractivity (Wildman–Crippen MR) is 134 cm³/mol. The first-order valence-corrected chi connectivity index (χ1v) is 12.5. The van der Waals surface area contributed by atoms with Crippen molar-refractivity contribution in [3.8, 4) is 0 Å². The molecule has 1 saturated heterocycles. The maximum absolute atomic E-state index is 13.0. The van der Waals surface area contributed by atoms with Crippen LogP contribution >= 0.6 is 0 Å². The first-order valence-electron chi connectivity index (χ1n) is 11.1. The van der Waals surface area contributed by atoms with Crippen LogP contribution in [0.4, 0.5) is 11.4 Å². The Morgan fingerprint density at radius 1 is 0.794 bits per heavy atom. The Kier molecular flexibility index (Phi) is 5.90. The van der Waals surface area contributed by atoms with Crippen LogP contribution in [0.25, 0.3) is 10.8 Å². The lowest BCUT2D eigenvalue weighted by Gasteiger charge is -2.36. The Morgan fingerprint density at radius 2 is 1.47 bits per heavy atom. The minimum absolute atomic E-state index is 0.0619. The van der Waals surface area contributed by atoms with E-state index in [1.807, 2.05) is 29.4 Å². The van der Waals surface area contributed by atoms with Crippen LogP contribution in [0, 0.1) is 0 Å². The average molecular weight is 473 g/mol. The van der Waals surface area contributed by atoms with Crippen molar-refractivity contribution in [2.45, 2.75) is 4.90 Å². The number of pyridine rings is 1. The Bertz CT molecular complexity index is 1410. The molecule has 34 heavy (non-hydrogen) atoms.